The highest BCUT2D eigenvalue weighted by Crippen LogP contribution is 2.12. The van der Waals surface area contributed by atoms with Crippen molar-refractivity contribution in [2.24, 2.45) is 7.05 Å². The summed E-state index contributed by atoms with van der Waals surface area (Å²) in [6, 6.07) is 1.74. The number of carbonyl (C=O) groups is 1. The summed E-state index contributed by atoms with van der Waals surface area (Å²) < 4.78 is 1.65. The van der Waals surface area contributed by atoms with Gasteiger partial charge in [-0.1, -0.05) is 0 Å². The Bertz CT molecular complexity index is 401. The van der Waals surface area contributed by atoms with Gasteiger partial charge in [0.15, 0.2) is 5.78 Å². The van der Waals surface area contributed by atoms with Crippen LogP contribution in [0.1, 0.15) is 16.9 Å². The Kier molecular flexibility index (Phi) is 3.59. The van der Waals surface area contributed by atoms with Crippen LogP contribution in [0.5, 0.6) is 0 Å². The monoisotopic (exact) mass is 236 g/mol. The number of hydrogen-bond donors (Lipinski definition) is 0. The number of aryl methyl sites for hydroxylation is 1. The maximum Gasteiger partial charge on any atom is 0.199 e. The van der Waals surface area contributed by atoms with Crippen LogP contribution in [0, 0.1) is 0 Å². The van der Waals surface area contributed by atoms with Crippen LogP contribution in [-0.4, -0.2) is 65.1 Å². The number of nitrogens with zero attached hydrogens (tertiary/aromatic N) is 4. The number of carbonyl (C=O) groups excluding carboxylic acids is 1. The van der Waals surface area contributed by atoms with Gasteiger partial charge in [0, 0.05) is 19.8 Å². The number of rotatable bonds is 2. The highest BCUT2D eigenvalue weighted by atomic mass is 16.1. The maximum absolute atomic E-state index is 12.5. The molecule has 1 aromatic rings. The largest absolute Gasteiger partial charge is 0.304 e. The van der Waals surface area contributed by atoms with Crippen LogP contribution in [0.4, 0.5) is 0 Å². The summed E-state index contributed by atoms with van der Waals surface area (Å²) in [5.74, 6) is 0.168. The van der Waals surface area contributed by atoms with E-state index in [1.54, 1.807) is 16.9 Å². The quantitative estimate of drug-likeness (QED) is 0.690. The van der Waals surface area contributed by atoms with E-state index in [1.165, 1.54) is 0 Å². The van der Waals surface area contributed by atoms with Crippen molar-refractivity contribution in [2.75, 3.05) is 33.7 Å². The van der Waals surface area contributed by atoms with Crippen molar-refractivity contribution in [1.29, 1.82) is 0 Å². The van der Waals surface area contributed by atoms with Gasteiger partial charge in [0.1, 0.15) is 5.69 Å². The van der Waals surface area contributed by atoms with E-state index >= 15 is 0 Å². The first-order chi connectivity index (χ1) is 8.09. The fourth-order valence-electron chi connectivity index (χ4n) is 2.34. The highest BCUT2D eigenvalue weighted by Gasteiger charge is 2.29. The molecule has 17 heavy (non-hydrogen) atoms. The van der Waals surface area contributed by atoms with E-state index in [-0.39, 0.29) is 11.8 Å². The lowest BCUT2D eigenvalue weighted by molar-refractivity contribution is 0.0829. The van der Waals surface area contributed by atoms with Gasteiger partial charge in [-0.2, -0.15) is 5.10 Å². The first kappa shape index (κ1) is 12.3. The molecule has 1 unspecified atom stereocenters. The van der Waals surface area contributed by atoms with Crippen molar-refractivity contribution in [3.8, 4) is 0 Å². The fourth-order valence-corrected chi connectivity index (χ4v) is 2.34. The molecule has 1 fully saturated rings. The molecule has 0 aromatic carbocycles. The minimum atomic E-state index is -0.0575. The average molecular weight is 236 g/mol. The smallest absolute Gasteiger partial charge is 0.199 e. The molecule has 5 nitrogen and oxygen atoms in total. The molecule has 0 spiro atoms. The molecule has 0 radical (unpaired) electrons. The minimum Gasteiger partial charge on any atom is -0.304 e. The normalized spacial score (nSPS) is 23.6. The van der Waals surface area contributed by atoms with Crippen molar-refractivity contribution < 1.29 is 4.79 Å². The minimum absolute atomic E-state index is 0.0575. The second kappa shape index (κ2) is 4.98. The zero-order valence-corrected chi connectivity index (χ0v) is 10.8. The van der Waals surface area contributed by atoms with E-state index in [0.29, 0.717) is 5.69 Å². The molecule has 0 aliphatic carbocycles. The Morgan fingerprint density at radius 1 is 1.35 bits per heavy atom. The van der Waals surface area contributed by atoms with Gasteiger partial charge in [0.25, 0.3) is 0 Å². The molecule has 1 saturated heterocycles. The molecular formula is C12H20N4O. The third-order valence-electron chi connectivity index (χ3n) is 3.44. The number of aromatic nitrogens is 2. The van der Waals surface area contributed by atoms with Crippen molar-refractivity contribution in [3.63, 3.8) is 0 Å². The molecule has 0 saturated carbocycles. The second-order valence-electron chi connectivity index (χ2n) is 4.82. The standard InChI is InChI=1S/C12H20N4O/c1-14-7-4-8-15(2)11(9-14)12(17)10-5-6-13-16(10)3/h5-6,11H,4,7-9H2,1-3H3. The van der Waals surface area contributed by atoms with Crippen LogP contribution in [0.25, 0.3) is 0 Å². The Hall–Kier alpha value is -1.20. The first-order valence-corrected chi connectivity index (χ1v) is 6.00. The summed E-state index contributed by atoms with van der Waals surface area (Å²) in [6.45, 7) is 2.82. The Morgan fingerprint density at radius 2 is 2.12 bits per heavy atom. The van der Waals surface area contributed by atoms with Crippen LogP contribution in [-0.2, 0) is 7.05 Å². The molecule has 1 atom stereocenters. The van der Waals surface area contributed by atoms with E-state index in [9.17, 15) is 4.79 Å². The SMILES string of the molecule is CN1CCCN(C)C(C(=O)c2ccnn2C)C1. The third-order valence-corrected chi connectivity index (χ3v) is 3.44. The third kappa shape index (κ3) is 2.56. The molecule has 2 heterocycles. The Labute approximate surface area is 102 Å². The highest BCUT2D eigenvalue weighted by molar-refractivity contribution is 5.98. The van der Waals surface area contributed by atoms with Crippen LogP contribution >= 0.6 is 0 Å². The average Bonchev–Trinajstić information content (AvgIpc) is 2.63. The summed E-state index contributed by atoms with van der Waals surface area (Å²) in [5.41, 5.74) is 0.692. The molecule has 1 aromatic heterocycles. The number of ketones is 1. The van der Waals surface area contributed by atoms with Gasteiger partial charge in [-0.3, -0.25) is 14.4 Å². The molecular weight excluding hydrogens is 216 g/mol. The summed E-state index contributed by atoms with van der Waals surface area (Å²) >= 11 is 0. The van der Waals surface area contributed by atoms with Crippen molar-refractivity contribution >= 4 is 5.78 Å². The molecule has 1 aliphatic rings. The molecule has 0 bridgehead atoms. The maximum atomic E-state index is 12.5. The van der Waals surface area contributed by atoms with E-state index in [4.69, 9.17) is 0 Å². The molecule has 0 N–H and O–H groups in total. The van der Waals surface area contributed by atoms with E-state index in [2.05, 4.69) is 21.9 Å². The summed E-state index contributed by atoms with van der Waals surface area (Å²) in [6.07, 6.45) is 2.79. The van der Waals surface area contributed by atoms with Crippen LogP contribution in [0.2, 0.25) is 0 Å². The van der Waals surface area contributed by atoms with Gasteiger partial charge < -0.3 is 4.90 Å². The zero-order valence-electron chi connectivity index (χ0n) is 10.8. The molecule has 0 amide bonds. The van der Waals surface area contributed by atoms with E-state index < -0.39 is 0 Å². The number of hydrogen-bond acceptors (Lipinski definition) is 4. The van der Waals surface area contributed by atoms with Crippen molar-refractivity contribution in [1.82, 2.24) is 19.6 Å². The van der Waals surface area contributed by atoms with Crippen LogP contribution in [0.3, 0.4) is 0 Å². The lowest BCUT2D eigenvalue weighted by Crippen LogP contribution is -2.44. The zero-order chi connectivity index (χ0) is 12.4. The van der Waals surface area contributed by atoms with Gasteiger partial charge in [-0.15, -0.1) is 0 Å². The van der Waals surface area contributed by atoms with E-state index in [1.807, 2.05) is 14.1 Å². The van der Waals surface area contributed by atoms with Gasteiger partial charge in [-0.25, -0.2) is 0 Å². The van der Waals surface area contributed by atoms with Crippen LogP contribution < -0.4 is 0 Å². The van der Waals surface area contributed by atoms with Gasteiger partial charge in [0.05, 0.1) is 6.04 Å². The van der Waals surface area contributed by atoms with E-state index in [0.717, 1.165) is 26.1 Å². The molecule has 5 heteroatoms. The lowest BCUT2D eigenvalue weighted by atomic mass is 10.1. The molecule has 2 rings (SSSR count). The summed E-state index contributed by atoms with van der Waals surface area (Å²) in [7, 11) is 5.91. The number of likely N-dealkylation sites (N-methyl/N-ethyl adjacent to an activating group) is 2. The first-order valence-electron chi connectivity index (χ1n) is 6.00. The fraction of sp³-hybridized carbons (Fsp3) is 0.667. The van der Waals surface area contributed by atoms with Gasteiger partial charge in [0.2, 0.25) is 0 Å². The second-order valence-corrected chi connectivity index (χ2v) is 4.82. The topological polar surface area (TPSA) is 41.4 Å². The van der Waals surface area contributed by atoms with Crippen molar-refractivity contribution in [3.05, 3.63) is 18.0 Å². The summed E-state index contributed by atoms with van der Waals surface area (Å²) in [4.78, 5) is 16.8. The van der Waals surface area contributed by atoms with Crippen molar-refractivity contribution in [2.45, 2.75) is 12.5 Å². The Morgan fingerprint density at radius 3 is 2.76 bits per heavy atom. The Balaban J connectivity index is 2.19. The number of Topliss-reactive ketones (excluding diaryl/α,β-unsaturated/α-hetero) is 1. The van der Waals surface area contributed by atoms with Crippen LogP contribution in [0.15, 0.2) is 12.3 Å². The predicted molar refractivity (Wildman–Crippen MR) is 66.1 cm³/mol. The predicted octanol–water partition coefficient (Wildman–Crippen LogP) is 0.239. The molecule has 1 aliphatic heterocycles. The lowest BCUT2D eigenvalue weighted by Gasteiger charge is -2.25. The van der Waals surface area contributed by atoms with Gasteiger partial charge >= 0.3 is 0 Å². The van der Waals surface area contributed by atoms with Gasteiger partial charge in [-0.05, 0) is 39.7 Å². The summed E-state index contributed by atoms with van der Waals surface area (Å²) in [5, 5.41) is 4.06. The molecule has 94 valence electrons.